The van der Waals surface area contributed by atoms with Gasteiger partial charge < -0.3 is 5.32 Å². The van der Waals surface area contributed by atoms with E-state index >= 15 is 0 Å². The molecule has 1 aromatic heterocycles. The van der Waals surface area contributed by atoms with Crippen molar-refractivity contribution in [3.8, 4) is 0 Å². The minimum Gasteiger partial charge on any atom is -0.362 e. The van der Waals surface area contributed by atoms with Crippen molar-refractivity contribution in [2.24, 2.45) is 18.9 Å². The van der Waals surface area contributed by atoms with E-state index in [0.717, 1.165) is 6.42 Å². The Morgan fingerprint density at radius 3 is 2.65 bits per heavy atom. The van der Waals surface area contributed by atoms with Gasteiger partial charge in [0.1, 0.15) is 5.69 Å². The van der Waals surface area contributed by atoms with E-state index in [9.17, 15) is 10.1 Å². The third kappa shape index (κ3) is 2.51. The highest BCUT2D eigenvalue weighted by atomic mass is 16.6. The summed E-state index contributed by atoms with van der Waals surface area (Å²) in [5.74, 6) is 1.81. The molecule has 0 aliphatic heterocycles. The van der Waals surface area contributed by atoms with E-state index in [1.165, 1.54) is 12.8 Å². The lowest BCUT2D eigenvalue weighted by atomic mass is 9.93. The maximum atomic E-state index is 11.3. The number of aryl methyl sites for hydroxylation is 2. The van der Waals surface area contributed by atoms with Crippen molar-refractivity contribution in [3.05, 3.63) is 15.8 Å². The van der Waals surface area contributed by atoms with E-state index in [0.29, 0.717) is 35.8 Å². The molecule has 2 rings (SSSR count). The van der Waals surface area contributed by atoms with Crippen molar-refractivity contribution in [2.75, 3.05) is 5.32 Å². The highest BCUT2D eigenvalue weighted by Gasteiger charge is 2.34. The average Bonchev–Trinajstić information content (AvgIpc) is 2.92. The van der Waals surface area contributed by atoms with Crippen molar-refractivity contribution < 1.29 is 4.92 Å². The van der Waals surface area contributed by atoms with Crippen LogP contribution in [-0.2, 0) is 13.5 Å². The summed E-state index contributed by atoms with van der Waals surface area (Å²) in [5, 5.41) is 19.0. The zero-order valence-electron chi connectivity index (χ0n) is 12.7. The minimum atomic E-state index is -0.314. The Hall–Kier alpha value is -1.59. The van der Waals surface area contributed by atoms with E-state index < -0.39 is 0 Å². The van der Waals surface area contributed by atoms with Crippen molar-refractivity contribution >= 4 is 11.5 Å². The van der Waals surface area contributed by atoms with Crippen LogP contribution in [0.5, 0.6) is 0 Å². The van der Waals surface area contributed by atoms with Gasteiger partial charge >= 0.3 is 5.69 Å². The molecular weight excluding hydrogens is 256 g/mol. The van der Waals surface area contributed by atoms with Gasteiger partial charge in [-0.15, -0.1) is 0 Å². The summed E-state index contributed by atoms with van der Waals surface area (Å²) in [4.78, 5) is 11.0. The van der Waals surface area contributed by atoms with Crippen LogP contribution >= 0.6 is 0 Å². The lowest BCUT2D eigenvalue weighted by Crippen LogP contribution is -2.26. The van der Waals surface area contributed by atoms with Crippen LogP contribution in [0, 0.1) is 22.0 Å². The predicted molar refractivity (Wildman–Crippen MR) is 78.8 cm³/mol. The Kier molecular flexibility index (Phi) is 4.30. The third-order valence-electron chi connectivity index (χ3n) is 4.68. The Morgan fingerprint density at radius 2 is 2.15 bits per heavy atom. The first-order valence-electron chi connectivity index (χ1n) is 7.46. The van der Waals surface area contributed by atoms with Gasteiger partial charge in [-0.25, -0.2) is 4.68 Å². The first kappa shape index (κ1) is 14.8. The number of aromatic nitrogens is 2. The quantitative estimate of drug-likeness (QED) is 0.664. The molecule has 20 heavy (non-hydrogen) atoms. The van der Waals surface area contributed by atoms with E-state index in [2.05, 4.69) is 24.3 Å². The number of hydrogen-bond donors (Lipinski definition) is 1. The van der Waals surface area contributed by atoms with Crippen LogP contribution in [0.3, 0.4) is 0 Å². The summed E-state index contributed by atoms with van der Waals surface area (Å²) in [6, 6.07) is 0.304. The first-order chi connectivity index (χ1) is 9.49. The molecule has 1 aliphatic rings. The second kappa shape index (κ2) is 5.81. The second-order valence-electron chi connectivity index (χ2n) is 5.73. The standard InChI is InChI=1S/C14H24N4O2/c1-5-10-7-8-12(9(10)3)15-14-13(18(19)20)11(6-2)16-17(14)4/h9-10,12,15H,5-8H2,1-4H3. The van der Waals surface area contributed by atoms with Gasteiger partial charge in [0.2, 0.25) is 5.82 Å². The van der Waals surface area contributed by atoms with Gasteiger partial charge in [0.05, 0.1) is 4.92 Å². The Labute approximate surface area is 119 Å². The molecule has 0 amide bonds. The summed E-state index contributed by atoms with van der Waals surface area (Å²) in [7, 11) is 1.77. The zero-order valence-corrected chi connectivity index (χ0v) is 12.7. The van der Waals surface area contributed by atoms with Gasteiger partial charge in [0.25, 0.3) is 0 Å². The van der Waals surface area contributed by atoms with Crippen LogP contribution < -0.4 is 5.32 Å². The van der Waals surface area contributed by atoms with Gasteiger partial charge in [0.15, 0.2) is 0 Å². The summed E-state index contributed by atoms with van der Waals surface area (Å²) in [6.45, 7) is 6.34. The van der Waals surface area contributed by atoms with Gasteiger partial charge in [-0.1, -0.05) is 27.2 Å². The van der Waals surface area contributed by atoms with Gasteiger partial charge in [-0.3, -0.25) is 10.1 Å². The maximum Gasteiger partial charge on any atom is 0.333 e. The highest BCUT2D eigenvalue weighted by Crippen LogP contribution is 2.38. The number of anilines is 1. The van der Waals surface area contributed by atoms with E-state index in [-0.39, 0.29) is 10.6 Å². The fourth-order valence-electron chi connectivity index (χ4n) is 3.36. The Morgan fingerprint density at radius 1 is 1.45 bits per heavy atom. The minimum absolute atomic E-state index is 0.141. The number of nitrogens with zero attached hydrogens (tertiary/aromatic N) is 3. The molecule has 3 atom stereocenters. The van der Waals surface area contributed by atoms with Crippen LogP contribution in [0.25, 0.3) is 0 Å². The van der Waals surface area contributed by atoms with E-state index in [4.69, 9.17) is 0 Å². The summed E-state index contributed by atoms with van der Waals surface area (Å²) in [6.07, 6.45) is 4.02. The van der Waals surface area contributed by atoms with E-state index in [1.807, 2.05) is 6.92 Å². The molecule has 0 radical (unpaired) electrons. The normalized spacial score (nSPS) is 25.9. The van der Waals surface area contributed by atoms with Crippen LogP contribution in [0.15, 0.2) is 0 Å². The molecule has 0 spiro atoms. The van der Waals surface area contributed by atoms with Gasteiger partial charge in [-0.2, -0.15) is 5.10 Å². The predicted octanol–water partition coefficient (Wildman–Crippen LogP) is 3.13. The molecule has 3 unspecified atom stereocenters. The molecule has 6 heteroatoms. The molecule has 0 saturated heterocycles. The second-order valence-corrected chi connectivity index (χ2v) is 5.73. The van der Waals surface area contributed by atoms with Crippen LogP contribution in [0.2, 0.25) is 0 Å². The Bertz CT molecular complexity index is 498. The monoisotopic (exact) mass is 280 g/mol. The number of rotatable bonds is 5. The third-order valence-corrected chi connectivity index (χ3v) is 4.68. The summed E-state index contributed by atoms with van der Waals surface area (Å²) in [5.41, 5.74) is 0.694. The molecule has 1 aliphatic carbocycles. The van der Waals surface area contributed by atoms with Gasteiger partial charge in [-0.05, 0) is 31.1 Å². The number of hydrogen-bond acceptors (Lipinski definition) is 4. The molecular formula is C14H24N4O2. The van der Waals surface area contributed by atoms with Crippen molar-refractivity contribution in [3.63, 3.8) is 0 Å². The molecule has 6 nitrogen and oxygen atoms in total. The summed E-state index contributed by atoms with van der Waals surface area (Å²) < 4.78 is 1.61. The topological polar surface area (TPSA) is 73.0 Å². The largest absolute Gasteiger partial charge is 0.362 e. The molecule has 1 heterocycles. The molecule has 0 bridgehead atoms. The molecule has 1 N–H and O–H groups in total. The van der Waals surface area contributed by atoms with Crippen LogP contribution in [0.1, 0.15) is 45.7 Å². The fourth-order valence-corrected chi connectivity index (χ4v) is 3.36. The number of nitrogens with one attached hydrogen (secondary N) is 1. The molecule has 1 fully saturated rings. The molecule has 1 saturated carbocycles. The van der Waals surface area contributed by atoms with Gasteiger partial charge in [0, 0.05) is 13.1 Å². The molecule has 112 valence electrons. The van der Waals surface area contributed by atoms with Crippen molar-refractivity contribution in [2.45, 2.75) is 52.5 Å². The maximum absolute atomic E-state index is 11.3. The molecule has 1 aromatic rings. The van der Waals surface area contributed by atoms with E-state index in [1.54, 1.807) is 11.7 Å². The summed E-state index contributed by atoms with van der Waals surface area (Å²) >= 11 is 0. The van der Waals surface area contributed by atoms with Crippen LogP contribution in [-0.4, -0.2) is 20.7 Å². The molecule has 0 aromatic carbocycles. The highest BCUT2D eigenvalue weighted by molar-refractivity contribution is 5.60. The average molecular weight is 280 g/mol. The smallest absolute Gasteiger partial charge is 0.333 e. The lowest BCUT2D eigenvalue weighted by molar-refractivity contribution is -0.384. The lowest BCUT2D eigenvalue weighted by Gasteiger charge is -2.21. The van der Waals surface area contributed by atoms with Crippen LogP contribution in [0.4, 0.5) is 11.5 Å². The first-order valence-corrected chi connectivity index (χ1v) is 7.46. The van der Waals surface area contributed by atoms with Crippen molar-refractivity contribution in [1.82, 2.24) is 9.78 Å². The zero-order chi connectivity index (χ0) is 14.9. The fraction of sp³-hybridized carbons (Fsp3) is 0.786. The Balaban J connectivity index is 2.26. The number of nitro groups is 1. The van der Waals surface area contributed by atoms with Crippen molar-refractivity contribution in [1.29, 1.82) is 0 Å². The SMILES string of the molecule is CCc1nn(C)c(NC2CCC(CC)C2C)c1[N+](=O)[O-].